The normalized spacial score (nSPS) is 15.6. The van der Waals surface area contributed by atoms with Crippen LogP contribution in [0.15, 0.2) is 18.3 Å². The molecule has 2 aromatic heterocycles. The Balaban J connectivity index is 1.75. The van der Waals surface area contributed by atoms with Gasteiger partial charge in [0.2, 0.25) is 0 Å². The number of aromatic nitrogens is 2. The Kier molecular flexibility index (Phi) is 4.85. The highest BCUT2D eigenvalue weighted by Gasteiger charge is 2.30. The quantitative estimate of drug-likeness (QED) is 0.800. The van der Waals surface area contributed by atoms with Crippen LogP contribution in [0.1, 0.15) is 66.2 Å². The van der Waals surface area contributed by atoms with Gasteiger partial charge in [0, 0.05) is 10.9 Å². The van der Waals surface area contributed by atoms with Crippen LogP contribution in [0.3, 0.4) is 0 Å². The van der Waals surface area contributed by atoms with Gasteiger partial charge >= 0.3 is 0 Å². The van der Waals surface area contributed by atoms with E-state index in [-0.39, 0.29) is 5.91 Å². The van der Waals surface area contributed by atoms with Gasteiger partial charge in [-0.3, -0.25) is 4.79 Å². The maximum Gasteiger partial charge on any atom is 0.266 e. The van der Waals surface area contributed by atoms with E-state index in [1.54, 1.807) is 17.5 Å². The highest BCUT2D eigenvalue weighted by molar-refractivity contribution is 7.14. The van der Waals surface area contributed by atoms with Crippen LogP contribution < -0.4 is 5.32 Å². The van der Waals surface area contributed by atoms with Crippen LogP contribution in [-0.2, 0) is 12.8 Å². The molecular formula is C18H25N3OS. The molecule has 0 saturated heterocycles. The van der Waals surface area contributed by atoms with Gasteiger partial charge in [-0.1, -0.05) is 20.3 Å². The molecule has 0 spiro atoms. The van der Waals surface area contributed by atoms with Crippen molar-refractivity contribution in [3.05, 3.63) is 33.6 Å². The maximum atomic E-state index is 12.6. The second-order valence-corrected chi connectivity index (χ2v) is 7.49. The third kappa shape index (κ3) is 3.50. The molecule has 2 aromatic rings. The van der Waals surface area contributed by atoms with Gasteiger partial charge in [0.15, 0.2) is 0 Å². The molecule has 1 unspecified atom stereocenters. The molecule has 1 saturated carbocycles. The first kappa shape index (κ1) is 16.2. The van der Waals surface area contributed by atoms with Gasteiger partial charge in [0.05, 0.1) is 17.1 Å². The summed E-state index contributed by atoms with van der Waals surface area (Å²) in [6.07, 6.45) is 7.44. The molecule has 1 amide bonds. The molecule has 1 N–H and O–H groups in total. The Morgan fingerprint density at radius 2 is 2.26 bits per heavy atom. The largest absolute Gasteiger partial charge is 0.306 e. The van der Waals surface area contributed by atoms with Gasteiger partial charge in [-0.15, -0.1) is 11.3 Å². The number of amides is 1. The summed E-state index contributed by atoms with van der Waals surface area (Å²) in [5.74, 6) is 1.49. The summed E-state index contributed by atoms with van der Waals surface area (Å²) >= 11 is 1.63. The van der Waals surface area contributed by atoms with Gasteiger partial charge in [0.25, 0.3) is 5.91 Å². The summed E-state index contributed by atoms with van der Waals surface area (Å²) < 4.78 is 1.96. The number of anilines is 1. The first-order chi connectivity index (χ1) is 11.1. The van der Waals surface area contributed by atoms with Gasteiger partial charge in [-0.25, -0.2) is 4.68 Å². The number of thiophene rings is 1. The number of nitrogens with one attached hydrogen (secondary N) is 1. The Morgan fingerprint density at radius 1 is 1.48 bits per heavy atom. The van der Waals surface area contributed by atoms with Gasteiger partial charge in [-0.05, 0) is 50.2 Å². The van der Waals surface area contributed by atoms with Crippen LogP contribution in [-0.4, -0.2) is 15.7 Å². The Labute approximate surface area is 141 Å². The van der Waals surface area contributed by atoms with Gasteiger partial charge in [0.1, 0.15) is 5.82 Å². The zero-order chi connectivity index (χ0) is 16.4. The van der Waals surface area contributed by atoms with Crippen LogP contribution in [0.2, 0.25) is 0 Å². The summed E-state index contributed by atoms with van der Waals surface area (Å²) in [6, 6.07) is 4.29. The van der Waals surface area contributed by atoms with E-state index in [0.717, 1.165) is 30.0 Å². The van der Waals surface area contributed by atoms with Gasteiger partial charge in [-0.2, -0.15) is 5.10 Å². The number of aryl methyl sites for hydroxylation is 2. The summed E-state index contributed by atoms with van der Waals surface area (Å²) in [6.45, 7) is 6.51. The van der Waals surface area contributed by atoms with E-state index in [1.807, 2.05) is 10.7 Å². The van der Waals surface area contributed by atoms with E-state index < -0.39 is 0 Å². The molecule has 2 heterocycles. The lowest BCUT2D eigenvalue weighted by Crippen LogP contribution is -2.17. The van der Waals surface area contributed by atoms with E-state index in [2.05, 4.69) is 37.3 Å². The second-order valence-electron chi connectivity index (χ2n) is 6.36. The summed E-state index contributed by atoms with van der Waals surface area (Å²) in [4.78, 5) is 14.8. The maximum absolute atomic E-state index is 12.6. The lowest BCUT2D eigenvalue weighted by Gasteiger charge is -2.15. The molecule has 0 aliphatic heterocycles. The van der Waals surface area contributed by atoms with Crippen molar-refractivity contribution in [2.45, 2.75) is 58.9 Å². The fourth-order valence-corrected chi connectivity index (χ4v) is 4.26. The predicted octanol–water partition coefficient (Wildman–Crippen LogP) is 4.68. The van der Waals surface area contributed by atoms with Crippen LogP contribution >= 0.6 is 11.3 Å². The lowest BCUT2D eigenvalue weighted by molar-refractivity contribution is 0.102. The minimum atomic E-state index is -0.0169. The topological polar surface area (TPSA) is 46.9 Å². The van der Waals surface area contributed by atoms with E-state index in [9.17, 15) is 4.79 Å². The van der Waals surface area contributed by atoms with Crippen LogP contribution in [0.25, 0.3) is 0 Å². The highest BCUT2D eigenvalue weighted by Crippen LogP contribution is 2.40. The number of hydrogen-bond acceptors (Lipinski definition) is 3. The summed E-state index contributed by atoms with van der Waals surface area (Å²) in [5.41, 5.74) is 1.31. The van der Waals surface area contributed by atoms with Crippen LogP contribution in [0.5, 0.6) is 0 Å². The van der Waals surface area contributed by atoms with E-state index in [0.29, 0.717) is 12.0 Å². The van der Waals surface area contributed by atoms with Crippen molar-refractivity contribution in [3.63, 3.8) is 0 Å². The van der Waals surface area contributed by atoms with Crippen molar-refractivity contribution >= 4 is 23.1 Å². The average Bonchev–Trinajstić information content (AvgIpc) is 3.16. The zero-order valence-corrected chi connectivity index (χ0v) is 14.9. The van der Waals surface area contributed by atoms with Crippen molar-refractivity contribution in [2.75, 3.05) is 5.32 Å². The average molecular weight is 331 g/mol. The smallest absolute Gasteiger partial charge is 0.266 e. The van der Waals surface area contributed by atoms with Crippen molar-refractivity contribution in [3.8, 4) is 0 Å². The van der Waals surface area contributed by atoms with Crippen molar-refractivity contribution < 1.29 is 4.79 Å². The fourth-order valence-electron chi connectivity index (χ4n) is 3.01. The second kappa shape index (κ2) is 6.87. The summed E-state index contributed by atoms with van der Waals surface area (Å²) in [5, 5.41) is 7.45. The van der Waals surface area contributed by atoms with E-state index in [4.69, 9.17) is 0 Å². The Morgan fingerprint density at radius 3 is 2.91 bits per heavy atom. The summed E-state index contributed by atoms with van der Waals surface area (Å²) in [7, 11) is 0. The molecule has 1 fully saturated rings. The molecule has 0 radical (unpaired) electrons. The van der Waals surface area contributed by atoms with Crippen LogP contribution in [0.4, 0.5) is 5.82 Å². The Bertz CT molecular complexity index is 684. The predicted molar refractivity (Wildman–Crippen MR) is 95.3 cm³/mol. The zero-order valence-electron chi connectivity index (χ0n) is 14.1. The lowest BCUT2D eigenvalue weighted by atomic mass is 10.1. The van der Waals surface area contributed by atoms with Crippen molar-refractivity contribution in [1.82, 2.24) is 9.78 Å². The fraction of sp³-hybridized carbons (Fsp3) is 0.556. The number of carbonyl (C=O) groups is 1. The molecule has 0 aromatic carbocycles. The van der Waals surface area contributed by atoms with E-state index >= 15 is 0 Å². The molecule has 1 atom stereocenters. The number of carbonyl (C=O) groups excluding carboxylic acids is 1. The first-order valence-electron chi connectivity index (χ1n) is 8.60. The molecule has 1 aliphatic rings. The van der Waals surface area contributed by atoms with Crippen LogP contribution in [0, 0.1) is 5.92 Å². The monoisotopic (exact) mass is 331 g/mol. The number of rotatable bonds is 7. The number of nitrogens with zero attached hydrogens (tertiary/aromatic N) is 2. The molecule has 1 aliphatic carbocycles. The molecule has 23 heavy (non-hydrogen) atoms. The molecule has 5 heteroatoms. The molecule has 4 nitrogen and oxygen atoms in total. The highest BCUT2D eigenvalue weighted by atomic mass is 32.1. The standard InChI is InChI=1S/C18H25N3OS/c1-4-6-15-13(5-2)11-16(23-15)18(22)20-17-9-10-19-21(17)12(3)14-7-8-14/h9-12,14H,4-8H2,1-3H3,(H,20,22). The SMILES string of the molecule is CCCc1sc(C(=O)Nc2ccnn2C(C)C2CC2)cc1CC. The third-order valence-corrected chi connectivity index (χ3v) is 5.82. The van der Waals surface area contributed by atoms with Gasteiger partial charge < -0.3 is 5.32 Å². The minimum Gasteiger partial charge on any atom is -0.306 e. The van der Waals surface area contributed by atoms with Crippen molar-refractivity contribution in [1.29, 1.82) is 0 Å². The molecular weight excluding hydrogens is 306 g/mol. The third-order valence-electron chi connectivity index (χ3n) is 4.58. The van der Waals surface area contributed by atoms with Crippen molar-refractivity contribution in [2.24, 2.45) is 5.92 Å². The minimum absolute atomic E-state index is 0.0169. The molecule has 3 rings (SSSR count). The number of hydrogen-bond donors (Lipinski definition) is 1. The Hall–Kier alpha value is -1.62. The first-order valence-corrected chi connectivity index (χ1v) is 9.42. The van der Waals surface area contributed by atoms with E-state index in [1.165, 1.54) is 23.3 Å². The molecule has 124 valence electrons. The molecule has 0 bridgehead atoms.